The fourth-order valence-electron chi connectivity index (χ4n) is 5.32. The molecule has 0 saturated heterocycles. The zero-order valence-corrected chi connectivity index (χ0v) is 33.8. The minimum Gasteiger partial charge on any atom is -0.491 e. The third-order valence-corrected chi connectivity index (χ3v) is 10.5. The van der Waals surface area contributed by atoms with Crippen molar-refractivity contribution >= 4 is 27.5 Å². The van der Waals surface area contributed by atoms with Crippen molar-refractivity contribution < 1.29 is 36.8 Å². The van der Waals surface area contributed by atoms with Gasteiger partial charge in [0, 0.05) is 45.2 Å². The Labute approximate surface area is 325 Å². The van der Waals surface area contributed by atoms with E-state index in [4.69, 9.17) is 9.47 Å². The molecule has 0 spiro atoms. The van der Waals surface area contributed by atoms with Gasteiger partial charge in [0.25, 0.3) is 10.1 Å². The number of rotatable bonds is 12. The highest BCUT2D eigenvalue weighted by Crippen LogP contribution is 2.37. The van der Waals surface area contributed by atoms with E-state index in [2.05, 4.69) is 13.8 Å². The van der Waals surface area contributed by atoms with Crippen molar-refractivity contribution in [1.29, 1.82) is 0 Å². The largest absolute Gasteiger partial charge is 0.491 e. The summed E-state index contributed by atoms with van der Waals surface area (Å²) >= 11 is 0. The Morgan fingerprint density at radius 1 is 0.618 bits per heavy atom. The van der Waals surface area contributed by atoms with E-state index >= 15 is 0 Å². The first kappa shape index (κ1) is 42.4. The van der Waals surface area contributed by atoms with Crippen molar-refractivity contribution in [2.24, 2.45) is 5.41 Å². The van der Waals surface area contributed by atoms with Crippen molar-refractivity contribution in [2.45, 2.75) is 80.3 Å². The zero-order valence-electron chi connectivity index (χ0n) is 33.0. The summed E-state index contributed by atoms with van der Waals surface area (Å²) in [6.45, 7) is 18.0. The molecule has 5 rings (SSSR count). The van der Waals surface area contributed by atoms with Gasteiger partial charge in [0.05, 0.1) is 4.91 Å². The molecular weight excluding hydrogens is 713 g/mol. The van der Waals surface area contributed by atoms with E-state index < -0.39 is 21.5 Å². The van der Waals surface area contributed by atoms with Gasteiger partial charge in [-0.05, 0) is 92.1 Å². The zero-order chi connectivity index (χ0) is 40.7. The van der Waals surface area contributed by atoms with Crippen molar-refractivity contribution in [3.05, 3.63) is 165 Å². The average molecular weight is 763 g/mol. The van der Waals surface area contributed by atoms with E-state index in [0.717, 1.165) is 5.56 Å². The van der Waals surface area contributed by atoms with Gasteiger partial charge in [-0.2, -0.15) is 8.42 Å². The maximum Gasteiger partial charge on any atom is 0.291 e. The van der Waals surface area contributed by atoms with Gasteiger partial charge < -0.3 is 9.47 Å². The Bertz CT molecular complexity index is 2210. The van der Waals surface area contributed by atoms with Crippen LogP contribution in [0.1, 0.15) is 122 Å². The molecule has 0 aliphatic heterocycles. The molecule has 0 saturated carbocycles. The summed E-state index contributed by atoms with van der Waals surface area (Å²) in [5.74, 6) is 0.812. The van der Waals surface area contributed by atoms with E-state index in [1.165, 1.54) is 12.2 Å². The average Bonchev–Trinajstić information content (AvgIpc) is 3.38. The molecule has 0 aromatic heterocycles. The van der Waals surface area contributed by atoms with Crippen molar-refractivity contribution in [2.75, 3.05) is 0 Å². The SMILES string of the molecule is CC.CC(C)c1ccc(C(=O)c2ccc(C(=O)c3ccc(Oc4ccc(C(=O)C5=CC=C(OC(C)(C)C(C)(C)C)CC(S(=O)(=O)O)=C5)cc4)cc3)cc2)cc1. The molecule has 1 aliphatic carbocycles. The molecule has 1 aliphatic rings. The van der Waals surface area contributed by atoms with Crippen LogP contribution in [-0.4, -0.2) is 35.9 Å². The van der Waals surface area contributed by atoms with Gasteiger partial charge in [0.1, 0.15) is 22.9 Å². The molecule has 288 valence electrons. The highest BCUT2D eigenvalue weighted by Gasteiger charge is 2.36. The maximum absolute atomic E-state index is 13.5. The molecule has 9 heteroatoms. The summed E-state index contributed by atoms with van der Waals surface area (Å²) in [5, 5.41) is 0. The highest BCUT2D eigenvalue weighted by molar-refractivity contribution is 7.89. The Kier molecular flexibility index (Phi) is 13.4. The second-order valence-corrected chi connectivity index (χ2v) is 16.3. The molecular formula is C46H50O8S. The fourth-order valence-corrected chi connectivity index (χ4v) is 5.92. The number of benzene rings is 4. The van der Waals surface area contributed by atoms with Crippen molar-refractivity contribution in [1.82, 2.24) is 0 Å². The van der Waals surface area contributed by atoms with Crippen LogP contribution < -0.4 is 4.74 Å². The van der Waals surface area contributed by atoms with E-state index in [1.807, 2.05) is 72.7 Å². The van der Waals surface area contributed by atoms with Gasteiger partial charge in [-0.15, -0.1) is 0 Å². The normalized spacial score (nSPS) is 13.3. The number of ketones is 3. The van der Waals surface area contributed by atoms with Crippen LogP contribution in [0.5, 0.6) is 11.5 Å². The Balaban J connectivity index is 0.00000331. The van der Waals surface area contributed by atoms with E-state index in [9.17, 15) is 27.4 Å². The van der Waals surface area contributed by atoms with Gasteiger partial charge in [-0.3, -0.25) is 18.9 Å². The molecule has 0 atom stereocenters. The molecule has 4 aromatic rings. The summed E-state index contributed by atoms with van der Waals surface area (Å²) < 4.78 is 46.5. The smallest absolute Gasteiger partial charge is 0.291 e. The quantitative estimate of drug-likeness (QED) is 0.112. The van der Waals surface area contributed by atoms with Crippen molar-refractivity contribution in [3.8, 4) is 11.5 Å². The molecule has 0 heterocycles. The van der Waals surface area contributed by atoms with Crippen LogP contribution in [0.2, 0.25) is 0 Å². The second kappa shape index (κ2) is 17.4. The third-order valence-electron chi connectivity index (χ3n) is 9.62. The van der Waals surface area contributed by atoms with Gasteiger partial charge >= 0.3 is 0 Å². The minimum absolute atomic E-state index is 0.0661. The van der Waals surface area contributed by atoms with Crippen LogP contribution in [0.15, 0.2) is 132 Å². The van der Waals surface area contributed by atoms with Gasteiger partial charge in [-0.1, -0.05) is 97.0 Å². The molecule has 1 N–H and O–H groups in total. The summed E-state index contributed by atoms with van der Waals surface area (Å²) in [6.07, 6.45) is 4.01. The topological polar surface area (TPSA) is 124 Å². The van der Waals surface area contributed by atoms with Crippen LogP contribution >= 0.6 is 0 Å². The van der Waals surface area contributed by atoms with Crippen molar-refractivity contribution in [3.63, 3.8) is 0 Å². The number of hydrogen-bond donors (Lipinski definition) is 1. The molecule has 8 nitrogen and oxygen atoms in total. The molecule has 0 radical (unpaired) electrons. The van der Waals surface area contributed by atoms with Gasteiger partial charge in [0.15, 0.2) is 17.3 Å². The minimum atomic E-state index is -4.61. The summed E-state index contributed by atoms with van der Waals surface area (Å²) in [4.78, 5) is 39.3. The lowest BCUT2D eigenvalue weighted by Gasteiger charge is -2.39. The number of carbonyl (C=O) groups excluding carboxylic acids is 3. The monoisotopic (exact) mass is 762 g/mol. The van der Waals surface area contributed by atoms with Gasteiger partial charge in [-0.25, -0.2) is 0 Å². The highest BCUT2D eigenvalue weighted by atomic mass is 32.2. The second-order valence-electron chi connectivity index (χ2n) is 14.9. The summed E-state index contributed by atoms with van der Waals surface area (Å²) in [5.41, 5.74) is 2.52. The lowest BCUT2D eigenvalue weighted by Crippen LogP contribution is -2.39. The predicted molar refractivity (Wildman–Crippen MR) is 218 cm³/mol. The number of ether oxygens (including phenoxy) is 2. The Hall–Kier alpha value is -5.38. The molecule has 0 amide bonds. The third kappa shape index (κ3) is 10.6. The lowest BCUT2D eigenvalue weighted by atomic mass is 9.79. The standard InChI is InChI=1S/C44H44O8S.C2H6/c1-28(2)29-8-10-30(11-9-29)40(45)31-12-14-32(15-13-31)41(46)33-16-21-36(22-17-33)51-37-23-18-34(19-24-37)42(47)35-20-25-38(27-39(26-35)53(48,49)50)52-44(6,7)43(3,4)5;1-2/h8-26,28H,27H2,1-7H3,(H,48,49,50);1-2H3. The molecule has 0 bridgehead atoms. The summed E-state index contributed by atoms with van der Waals surface area (Å²) in [6, 6.07) is 27.1. The molecule has 0 fully saturated rings. The fraction of sp³-hybridized carbons (Fsp3) is 0.283. The van der Waals surface area contributed by atoms with Crippen LogP contribution in [0.4, 0.5) is 0 Å². The molecule has 55 heavy (non-hydrogen) atoms. The number of allylic oxidation sites excluding steroid dienone is 5. The van der Waals surface area contributed by atoms with Crippen LogP contribution in [0, 0.1) is 5.41 Å². The van der Waals surface area contributed by atoms with Gasteiger partial charge in [0.2, 0.25) is 0 Å². The first-order valence-electron chi connectivity index (χ1n) is 18.3. The maximum atomic E-state index is 13.5. The molecule has 0 unspecified atom stereocenters. The van der Waals surface area contributed by atoms with Crippen LogP contribution in [0.3, 0.4) is 0 Å². The van der Waals surface area contributed by atoms with Crippen LogP contribution in [0.25, 0.3) is 0 Å². The summed E-state index contributed by atoms with van der Waals surface area (Å²) in [7, 11) is -4.61. The first-order valence-corrected chi connectivity index (χ1v) is 19.8. The predicted octanol–water partition coefficient (Wildman–Crippen LogP) is 11.1. The first-order chi connectivity index (χ1) is 25.8. The number of Topliss-reactive ketones (excluding diaryl/α,β-unsaturated/α-hetero) is 1. The molecule has 4 aromatic carbocycles. The number of hydrogen-bond acceptors (Lipinski definition) is 7. The van der Waals surface area contributed by atoms with E-state index in [0.29, 0.717) is 45.4 Å². The Morgan fingerprint density at radius 3 is 1.38 bits per heavy atom. The Morgan fingerprint density at radius 2 is 1.00 bits per heavy atom. The lowest BCUT2D eigenvalue weighted by molar-refractivity contribution is -0.0540. The number of carbonyl (C=O) groups is 3. The van der Waals surface area contributed by atoms with E-state index in [-0.39, 0.29) is 39.4 Å². The van der Waals surface area contributed by atoms with E-state index in [1.54, 1.807) is 78.9 Å². The van der Waals surface area contributed by atoms with Crippen LogP contribution in [-0.2, 0) is 14.9 Å².